The molecule has 2 aromatic carbocycles. The Morgan fingerprint density at radius 3 is 2.64 bits per heavy atom. The second-order valence-corrected chi connectivity index (χ2v) is 6.07. The van der Waals surface area contributed by atoms with Crippen molar-refractivity contribution in [1.82, 2.24) is 9.78 Å². The third-order valence-electron chi connectivity index (χ3n) is 3.73. The second kappa shape index (κ2) is 7.40. The number of halogens is 1. The molecule has 0 aliphatic heterocycles. The normalized spacial score (nSPS) is 10.5. The van der Waals surface area contributed by atoms with Crippen molar-refractivity contribution in [3.63, 3.8) is 0 Å². The van der Waals surface area contributed by atoms with E-state index in [9.17, 15) is 4.79 Å². The smallest absolute Gasteiger partial charge is 0.229 e. The van der Waals surface area contributed by atoms with Gasteiger partial charge in [-0.3, -0.25) is 4.79 Å². The first-order valence-electron chi connectivity index (χ1n) is 7.80. The average molecular weight is 356 g/mol. The van der Waals surface area contributed by atoms with E-state index in [1.54, 1.807) is 17.9 Å². The highest BCUT2D eigenvalue weighted by Crippen LogP contribution is 2.19. The molecule has 128 valence electrons. The van der Waals surface area contributed by atoms with Gasteiger partial charge < -0.3 is 10.1 Å². The summed E-state index contributed by atoms with van der Waals surface area (Å²) in [5.74, 6) is 1.15. The van der Waals surface area contributed by atoms with Gasteiger partial charge in [0.2, 0.25) is 5.91 Å². The molecule has 0 radical (unpaired) electrons. The predicted octanol–water partition coefficient (Wildman–Crippen LogP) is 4.02. The van der Waals surface area contributed by atoms with Crippen LogP contribution < -0.4 is 10.1 Å². The lowest BCUT2D eigenvalue weighted by atomic mass is 10.1. The van der Waals surface area contributed by atoms with Crippen molar-refractivity contribution in [2.75, 3.05) is 12.4 Å². The number of anilines is 1. The predicted molar refractivity (Wildman–Crippen MR) is 98.6 cm³/mol. The highest BCUT2D eigenvalue weighted by Gasteiger charge is 2.10. The van der Waals surface area contributed by atoms with E-state index in [0.29, 0.717) is 10.8 Å². The van der Waals surface area contributed by atoms with E-state index < -0.39 is 0 Å². The third-order valence-corrected chi connectivity index (χ3v) is 3.97. The molecule has 0 saturated heterocycles. The Morgan fingerprint density at radius 2 is 1.96 bits per heavy atom. The summed E-state index contributed by atoms with van der Waals surface area (Å²) in [5, 5.41) is 7.90. The number of aromatic nitrogens is 2. The van der Waals surface area contributed by atoms with E-state index in [4.69, 9.17) is 16.3 Å². The molecule has 5 nitrogen and oxygen atoms in total. The van der Waals surface area contributed by atoms with E-state index in [1.807, 2.05) is 55.5 Å². The van der Waals surface area contributed by atoms with Crippen molar-refractivity contribution in [3.8, 4) is 11.4 Å². The fourth-order valence-corrected chi connectivity index (χ4v) is 2.71. The molecule has 25 heavy (non-hydrogen) atoms. The molecule has 0 spiro atoms. The number of hydrogen-bond donors (Lipinski definition) is 1. The van der Waals surface area contributed by atoms with Crippen LogP contribution in [0.3, 0.4) is 0 Å². The van der Waals surface area contributed by atoms with Crippen LogP contribution in [0.4, 0.5) is 5.82 Å². The topological polar surface area (TPSA) is 56.1 Å². The Kier molecular flexibility index (Phi) is 5.05. The fourth-order valence-electron chi connectivity index (χ4n) is 2.52. The van der Waals surface area contributed by atoms with E-state index in [0.717, 1.165) is 22.7 Å². The van der Waals surface area contributed by atoms with Crippen molar-refractivity contribution in [1.29, 1.82) is 0 Å². The molecule has 6 heteroatoms. The van der Waals surface area contributed by atoms with Crippen LogP contribution in [0, 0.1) is 6.92 Å². The lowest BCUT2D eigenvalue weighted by Gasteiger charge is -2.05. The highest BCUT2D eigenvalue weighted by atomic mass is 35.5. The lowest BCUT2D eigenvalue weighted by Crippen LogP contribution is -2.15. The molecule has 3 rings (SSSR count). The number of rotatable bonds is 5. The summed E-state index contributed by atoms with van der Waals surface area (Å²) in [6.45, 7) is 1.92. The van der Waals surface area contributed by atoms with Crippen LogP contribution in [-0.4, -0.2) is 22.8 Å². The molecule has 1 heterocycles. The van der Waals surface area contributed by atoms with Gasteiger partial charge in [-0.15, -0.1) is 5.10 Å². The fraction of sp³-hybridized carbons (Fsp3) is 0.158. The number of methoxy groups -OCH3 is 1. The van der Waals surface area contributed by atoms with Gasteiger partial charge in [-0.2, -0.15) is 0 Å². The van der Waals surface area contributed by atoms with Gasteiger partial charge in [-0.05, 0) is 42.8 Å². The second-order valence-electron chi connectivity index (χ2n) is 5.64. The maximum Gasteiger partial charge on any atom is 0.229 e. The zero-order valence-electron chi connectivity index (χ0n) is 14.0. The maximum absolute atomic E-state index is 12.2. The minimum atomic E-state index is -0.124. The Bertz CT molecular complexity index is 888. The summed E-state index contributed by atoms with van der Waals surface area (Å²) in [6, 6.07) is 16.6. The highest BCUT2D eigenvalue weighted by molar-refractivity contribution is 6.30. The van der Waals surface area contributed by atoms with Gasteiger partial charge in [-0.1, -0.05) is 29.8 Å². The molecule has 1 N–H and O–H groups in total. The zero-order valence-corrected chi connectivity index (χ0v) is 14.7. The Morgan fingerprint density at radius 1 is 1.20 bits per heavy atom. The standard InChI is InChI=1S/C19H18ClN3O2/c1-13-10-18(22-23(13)16-5-3-4-15(20)12-16)21-19(24)11-14-6-8-17(25-2)9-7-14/h3-10,12H,11H2,1-2H3,(H,21,22,24). The van der Waals surface area contributed by atoms with Crippen LogP contribution >= 0.6 is 11.6 Å². The summed E-state index contributed by atoms with van der Waals surface area (Å²) in [4.78, 5) is 12.2. The van der Waals surface area contributed by atoms with E-state index in [2.05, 4.69) is 10.4 Å². The van der Waals surface area contributed by atoms with Gasteiger partial charge >= 0.3 is 0 Å². The number of benzene rings is 2. The molecule has 1 amide bonds. The molecule has 0 bridgehead atoms. The van der Waals surface area contributed by atoms with Crippen LogP contribution in [-0.2, 0) is 11.2 Å². The van der Waals surface area contributed by atoms with Gasteiger partial charge in [-0.25, -0.2) is 4.68 Å². The number of carbonyl (C=O) groups is 1. The SMILES string of the molecule is COc1ccc(CC(=O)Nc2cc(C)n(-c3cccc(Cl)c3)n2)cc1. The molecular weight excluding hydrogens is 338 g/mol. The summed E-state index contributed by atoms with van der Waals surface area (Å²) < 4.78 is 6.86. The summed E-state index contributed by atoms with van der Waals surface area (Å²) in [7, 11) is 1.61. The molecule has 0 aliphatic rings. The van der Waals surface area contributed by atoms with Crippen molar-refractivity contribution >= 4 is 23.3 Å². The van der Waals surface area contributed by atoms with Gasteiger partial charge in [0.05, 0.1) is 19.2 Å². The van der Waals surface area contributed by atoms with E-state index in [1.165, 1.54) is 0 Å². The van der Waals surface area contributed by atoms with Crippen LogP contribution in [0.2, 0.25) is 5.02 Å². The number of hydrogen-bond acceptors (Lipinski definition) is 3. The van der Waals surface area contributed by atoms with Crippen molar-refractivity contribution in [2.24, 2.45) is 0 Å². The van der Waals surface area contributed by atoms with Crippen LogP contribution in [0.5, 0.6) is 5.75 Å². The van der Waals surface area contributed by atoms with Crippen molar-refractivity contribution < 1.29 is 9.53 Å². The quantitative estimate of drug-likeness (QED) is 0.752. The number of carbonyl (C=O) groups excluding carboxylic acids is 1. The molecule has 0 fully saturated rings. The van der Waals surface area contributed by atoms with Crippen LogP contribution in [0.15, 0.2) is 54.6 Å². The molecular formula is C19H18ClN3O2. The van der Waals surface area contributed by atoms with Crippen LogP contribution in [0.1, 0.15) is 11.3 Å². The molecule has 1 aromatic heterocycles. The maximum atomic E-state index is 12.2. The third kappa shape index (κ3) is 4.19. The van der Waals surface area contributed by atoms with Gasteiger partial charge in [0.1, 0.15) is 5.75 Å². The number of aryl methyl sites for hydroxylation is 1. The lowest BCUT2D eigenvalue weighted by molar-refractivity contribution is -0.115. The Labute approximate surface area is 151 Å². The van der Waals surface area contributed by atoms with Crippen LogP contribution in [0.25, 0.3) is 5.69 Å². The minimum Gasteiger partial charge on any atom is -0.497 e. The Balaban J connectivity index is 1.70. The average Bonchev–Trinajstić information content (AvgIpc) is 2.95. The zero-order chi connectivity index (χ0) is 17.8. The minimum absolute atomic E-state index is 0.124. The molecule has 0 atom stereocenters. The first kappa shape index (κ1) is 17.0. The van der Waals surface area contributed by atoms with Gasteiger partial charge in [0.25, 0.3) is 0 Å². The molecule has 3 aromatic rings. The van der Waals surface area contributed by atoms with Crippen molar-refractivity contribution in [3.05, 3.63) is 70.9 Å². The van der Waals surface area contributed by atoms with Gasteiger partial charge in [0, 0.05) is 16.8 Å². The molecule has 0 aliphatic carbocycles. The summed E-state index contributed by atoms with van der Waals surface area (Å²) in [6.07, 6.45) is 0.271. The molecule has 0 saturated carbocycles. The Hall–Kier alpha value is -2.79. The van der Waals surface area contributed by atoms with E-state index >= 15 is 0 Å². The number of nitrogens with zero attached hydrogens (tertiary/aromatic N) is 2. The summed E-state index contributed by atoms with van der Waals surface area (Å²) in [5.41, 5.74) is 2.66. The monoisotopic (exact) mass is 355 g/mol. The number of amides is 1. The van der Waals surface area contributed by atoms with E-state index in [-0.39, 0.29) is 12.3 Å². The molecule has 0 unspecified atom stereocenters. The number of nitrogens with one attached hydrogen (secondary N) is 1. The first-order valence-corrected chi connectivity index (χ1v) is 8.18. The first-order chi connectivity index (χ1) is 12.0. The van der Waals surface area contributed by atoms with Gasteiger partial charge in [0.15, 0.2) is 5.82 Å². The number of ether oxygens (including phenoxy) is 1. The summed E-state index contributed by atoms with van der Waals surface area (Å²) >= 11 is 6.03. The van der Waals surface area contributed by atoms with Crippen molar-refractivity contribution in [2.45, 2.75) is 13.3 Å². The largest absolute Gasteiger partial charge is 0.497 e.